The van der Waals surface area contributed by atoms with Crippen molar-refractivity contribution in [2.45, 2.75) is 19.0 Å². The molecule has 0 radical (unpaired) electrons. The molecule has 3 nitrogen and oxygen atoms in total. The number of urea groups is 1. The molecule has 0 saturated carbocycles. The highest BCUT2D eigenvalue weighted by Gasteiger charge is 2.29. The molecule has 104 valence electrons. The molecule has 0 fully saturated rings. The van der Waals surface area contributed by atoms with E-state index in [4.69, 9.17) is 0 Å². The molecule has 0 aromatic heterocycles. The van der Waals surface area contributed by atoms with Crippen LogP contribution in [0.25, 0.3) is 0 Å². The maximum Gasteiger partial charge on any atom is 0.405 e. The van der Waals surface area contributed by atoms with Gasteiger partial charge in [0.2, 0.25) is 0 Å². The Balaban J connectivity index is 1.92. The van der Waals surface area contributed by atoms with Crippen molar-refractivity contribution in [3.05, 3.63) is 35.4 Å². The Kier molecular flexibility index (Phi) is 3.97. The summed E-state index contributed by atoms with van der Waals surface area (Å²) in [5, 5.41) is 1.91. The van der Waals surface area contributed by atoms with Crippen LogP contribution in [0.3, 0.4) is 0 Å². The normalized spacial score (nSPS) is 15.6. The molecule has 0 aliphatic carbocycles. The Morgan fingerprint density at radius 2 is 1.68 bits per heavy atom. The van der Waals surface area contributed by atoms with Gasteiger partial charge in [-0.3, -0.25) is 0 Å². The topological polar surface area (TPSA) is 32.3 Å². The van der Waals surface area contributed by atoms with Crippen LogP contribution < -0.4 is 5.32 Å². The van der Waals surface area contributed by atoms with Gasteiger partial charge in [0.15, 0.2) is 0 Å². The summed E-state index contributed by atoms with van der Waals surface area (Å²) >= 11 is 0. The van der Waals surface area contributed by atoms with Crippen LogP contribution in [0.4, 0.5) is 18.0 Å². The van der Waals surface area contributed by atoms with E-state index in [1.165, 1.54) is 4.90 Å². The van der Waals surface area contributed by atoms with Crippen molar-refractivity contribution < 1.29 is 18.0 Å². The molecule has 1 aliphatic rings. The Morgan fingerprint density at radius 3 is 2.16 bits per heavy atom. The smallest absolute Gasteiger partial charge is 0.329 e. The Morgan fingerprint density at radius 1 is 1.16 bits per heavy atom. The van der Waals surface area contributed by atoms with E-state index in [1.807, 2.05) is 29.6 Å². The second kappa shape index (κ2) is 5.50. The van der Waals surface area contributed by atoms with Gasteiger partial charge in [-0.2, -0.15) is 13.2 Å². The molecule has 1 aromatic carbocycles. The largest absolute Gasteiger partial charge is 0.405 e. The quantitative estimate of drug-likeness (QED) is 0.836. The van der Waals surface area contributed by atoms with E-state index < -0.39 is 18.8 Å². The van der Waals surface area contributed by atoms with Crippen molar-refractivity contribution in [3.8, 4) is 0 Å². The van der Waals surface area contributed by atoms with Gasteiger partial charge >= 0.3 is 12.2 Å². The average molecular weight is 272 g/mol. The zero-order valence-corrected chi connectivity index (χ0v) is 10.3. The van der Waals surface area contributed by atoms with E-state index in [1.54, 1.807) is 0 Å². The van der Waals surface area contributed by atoms with Crippen LogP contribution >= 0.6 is 0 Å². The molecule has 6 heteroatoms. The van der Waals surface area contributed by atoms with Crippen molar-refractivity contribution in [1.82, 2.24) is 10.2 Å². The molecular formula is C13H15F3N2O. The molecule has 1 aromatic rings. The minimum atomic E-state index is -4.37. The third-order valence-corrected chi connectivity index (χ3v) is 3.15. The van der Waals surface area contributed by atoms with Crippen molar-refractivity contribution in [1.29, 1.82) is 0 Å². The highest BCUT2D eigenvalue weighted by Crippen LogP contribution is 2.16. The van der Waals surface area contributed by atoms with Crippen LogP contribution in [0.15, 0.2) is 24.3 Å². The van der Waals surface area contributed by atoms with Gasteiger partial charge in [-0.1, -0.05) is 24.3 Å². The lowest BCUT2D eigenvalue weighted by Gasteiger charge is -2.21. The fourth-order valence-electron chi connectivity index (χ4n) is 2.16. The second-order valence-corrected chi connectivity index (χ2v) is 4.53. The van der Waals surface area contributed by atoms with Gasteiger partial charge in [-0.25, -0.2) is 4.79 Å². The highest BCUT2D eigenvalue weighted by atomic mass is 19.4. The van der Waals surface area contributed by atoms with Gasteiger partial charge in [-0.05, 0) is 24.0 Å². The monoisotopic (exact) mass is 272 g/mol. The maximum atomic E-state index is 12.0. The number of fused-ring (bicyclic) bond motifs is 1. The number of benzene rings is 1. The SMILES string of the molecule is O=C(NCC(F)(F)F)N1CCc2ccccc2CC1. The first-order chi connectivity index (χ1) is 8.96. The Labute approximate surface area is 109 Å². The molecule has 0 spiro atoms. The molecular weight excluding hydrogens is 257 g/mol. The lowest BCUT2D eigenvalue weighted by atomic mass is 10.0. The van der Waals surface area contributed by atoms with Gasteiger partial charge in [0.25, 0.3) is 0 Å². The van der Waals surface area contributed by atoms with Gasteiger partial charge in [0.05, 0.1) is 0 Å². The molecule has 1 N–H and O–H groups in total. The van der Waals surface area contributed by atoms with E-state index in [9.17, 15) is 18.0 Å². The predicted octanol–water partition coefficient (Wildman–Crippen LogP) is 2.36. The van der Waals surface area contributed by atoms with Crippen molar-refractivity contribution >= 4 is 6.03 Å². The van der Waals surface area contributed by atoms with Gasteiger partial charge in [0.1, 0.15) is 6.54 Å². The second-order valence-electron chi connectivity index (χ2n) is 4.53. The van der Waals surface area contributed by atoms with Crippen molar-refractivity contribution in [2.24, 2.45) is 0 Å². The number of nitrogens with zero attached hydrogens (tertiary/aromatic N) is 1. The number of rotatable bonds is 1. The maximum absolute atomic E-state index is 12.0. The van der Waals surface area contributed by atoms with Crippen LogP contribution in [0.2, 0.25) is 0 Å². The number of alkyl halides is 3. The molecule has 1 aliphatic heterocycles. The summed E-state index contributed by atoms with van der Waals surface area (Å²) in [6, 6.07) is 7.19. The van der Waals surface area contributed by atoms with E-state index in [-0.39, 0.29) is 0 Å². The number of amides is 2. The molecule has 1 heterocycles. The number of halogens is 3. The Hall–Kier alpha value is -1.72. The summed E-state index contributed by atoms with van der Waals surface area (Å²) in [5.41, 5.74) is 2.32. The molecule has 2 amide bonds. The minimum Gasteiger partial charge on any atom is -0.329 e. The number of hydrogen-bond acceptors (Lipinski definition) is 1. The van der Waals surface area contributed by atoms with Gasteiger partial charge in [0, 0.05) is 13.1 Å². The third-order valence-electron chi connectivity index (χ3n) is 3.15. The zero-order chi connectivity index (χ0) is 13.9. The highest BCUT2D eigenvalue weighted by molar-refractivity contribution is 5.74. The standard InChI is InChI=1S/C13H15F3N2O/c14-13(15,16)9-17-12(19)18-7-5-10-3-1-2-4-11(10)6-8-18/h1-4H,5-9H2,(H,17,19). The van der Waals surface area contributed by atoms with E-state index in [0.717, 1.165) is 11.1 Å². The molecule has 19 heavy (non-hydrogen) atoms. The average Bonchev–Trinajstić information content (AvgIpc) is 2.57. The van der Waals surface area contributed by atoms with E-state index in [0.29, 0.717) is 25.9 Å². The first-order valence-electron chi connectivity index (χ1n) is 6.12. The predicted molar refractivity (Wildman–Crippen MR) is 64.9 cm³/mol. The fraction of sp³-hybridized carbons (Fsp3) is 0.462. The molecule has 0 unspecified atom stereocenters. The third kappa shape index (κ3) is 3.87. The van der Waals surface area contributed by atoms with E-state index in [2.05, 4.69) is 0 Å². The van der Waals surface area contributed by atoms with Crippen LogP contribution in [0, 0.1) is 0 Å². The summed E-state index contributed by atoms with van der Waals surface area (Å²) in [5.74, 6) is 0. The summed E-state index contributed by atoms with van der Waals surface area (Å²) in [6.45, 7) is -0.392. The summed E-state index contributed by atoms with van der Waals surface area (Å²) < 4.78 is 36.1. The zero-order valence-electron chi connectivity index (χ0n) is 10.3. The van der Waals surface area contributed by atoms with Gasteiger partial charge < -0.3 is 10.2 Å². The molecule has 0 atom stereocenters. The van der Waals surface area contributed by atoms with Crippen molar-refractivity contribution in [2.75, 3.05) is 19.6 Å². The first kappa shape index (κ1) is 13.7. The van der Waals surface area contributed by atoms with Crippen molar-refractivity contribution in [3.63, 3.8) is 0 Å². The molecule has 0 saturated heterocycles. The first-order valence-corrected chi connectivity index (χ1v) is 6.12. The summed E-state index contributed by atoms with van der Waals surface area (Å²) in [4.78, 5) is 13.1. The number of nitrogens with one attached hydrogen (secondary N) is 1. The van der Waals surface area contributed by atoms with Crippen LogP contribution in [-0.4, -0.2) is 36.7 Å². The van der Waals surface area contributed by atoms with Crippen LogP contribution in [-0.2, 0) is 12.8 Å². The number of hydrogen-bond donors (Lipinski definition) is 1. The van der Waals surface area contributed by atoms with Crippen LogP contribution in [0.1, 0.15) is 11.1 Å². The minimum absolute atomic E-state index is 0.445. The lowest BCUT2D eigenvalue weighted by molar-refractivity contribution is -0.123. The summed E-state index contributed by atoms with van der Waals surface area (Å²) in [6.07, 6.45) is -3.02. The number of carbonyl (C=O) groups excluding carboxylic acids is 1. The fourth-order valence-corrected chi connectivity index (χ4v) is 2.16. The lowest BCUT2D eigenvalue weighted by Crippen LogP contribution is -2.44. The Bertz CT molecular complexity index is 432. The van der Waals surface area contributed by atoms with Crippen LogP contribution in [0.5, 0.6) is 0 Å². The molecule has 0 bridgehead atoms. The number of carbonyl (C=O) groups is 1. The molecule has 2 rings (SSSR count). The van der Waals surface area contributed by atoms with E-state index >= 15 is 0 Å². The van der Waals surface area contributed by atoms with Gasteiger partial charge in [-0.15, -0.1) is 0 Å². The summed E-state index contributed by atoms with van der Waals surface area (Å²) in [7, 11) is 0.